The minimum absolute atomic E-state index is 0.878. The molecule has 2 aromatic heterocycles. The largest absolute Gasteiger partial charge is 0.312 e. The third-order valence-electron chi connectivity index (χ3n) is 3.44. The van der Waals surface area contributed by atoms with Crippen LogP contribution in [-0.4, -0.2) is 26.1 Å². The Labute approximate surface area is 108 Å². The maximum Gasteiger partial charge on any atom is 0.0641 e. The standard InChI is InChI=1S/C13H21N5/c1-10-13(11(2)17(3)16-10)9-14-7-5-12-6-8-15-18(12)4/h6,8,14H,5,7,9H2,1-4H3. The van der Waals surface area contributed by atoms with E-state index in [4.69, 9.17) is 0 Å². The van der Waals surface area contributed by atoms with Gasteiger partial charge in [0.2, 0.25) is 0 Å². The summed E-state index contributed by atoms with van der Waals surface area (Å²) in [7, 11) is 3.96. The summed E-state index contributed by atoms with van der Waals surface area (Å²) in [6, 6.07) is 2.06. The molecule has 0 amide bonds. The molecule has 0 aliphatic heterocycles. The average Bonchev–Trinajstić information content (AvgIpc) is 2.83. The maximum absolute atomic E-state index is 4.42. The molecule has 0 bridgehead atoms. The zero-order chi connectivity index (χ0) is 13.1. The van der Waals surface area contributed by atoms with Crippen LogP contribution < -0.4 is 5.32 Å². The zero-order valence-corrected chi connectivity index (χ0v) is 11.6. The Morgan fingerprint density at radius 3 is 2.56 bits per heavy atom. The Morgan fingerprint density at radius 1 is 1.22 bits per heavy atom. The van der Waals surface area contributed by atoms with Crippen LogP contribution in [0, 0.1) is 13.8 Å². The van der Waals surface area contributed by atoms with Crippen LogP contribution in [0.3, 0.4) is 0 Å². The number of aryl methyl sites for hydroxylation is 3. The molecule has 2 heterocycles. The number of rotatable bonds is 5. The highest BCUT2D eigenvalue weighted by Crippen LogP contribution is 2.11. The molecule has 0 aliphatic carbocycles. The summed E-state index contributed by atoms with van der Waals surface area (Å²) >= 11 is 0. The smallest absolute Gasteiger partial charge is 0.0641 e. The third kappa shape index (κ3) is 2.61. The van der Waals surface area contributed by atoms with E-state index in [0.29, 0.717) is 0 Å². The van der Waals surface area contributed by atoms with Crippen molar-refractivity contribution in [2.24, 2.45) is 14.1 Å². The van der Waals surface area contributed by atoms with Crippen molar-refractivity contribution >= 4 is 0 Å². The monoisotopic (exact) mass is 247 g/mol. The second kappa shape index (κ2) is 5.35. The van der Waals surface area contributed by atoms with E-state index in [1.165, 1.54) is 17.0 Å². The van der Waals surface area contributed by atoms with Crippen molar-refractivity contribution in [1.82, 2.24) is 24.9 Å². The minimum atomic E-state index is 0.878. The number of hydrogen-bond acceptors (Lipinski definition) is 3. The molecule has 0 saturated carbocycles. The summed E-state index contributed by atoms with van der Waals surface area (Å²) in [5.41, 5.74) is 4.91. The zero-order valence-electron chi connectivity index (χ0n) is 11.6. The normalized spacial score (nSPS) is 11.1. The van der Waals surface area contributed by atoms with E-state index in [0.717, 1.165) is 25.2 Å². The highest BCUT2D eigenvalue weighted by molar-refractivity contribution is 5.23. The fraction of sp³-hybridized carbons (Fsp3) is 0.538. The van der Waals surface area contributed by atoms with Gasteiger partial charge in [0, 0.05) is 56.8 Å². The first-order valence-electron chi connectivity index (χ1n) is 6.26. The van der Waals surface area contributed by atoms with E-state index in [2.05, 4.69) is 35.4 Å². The summed E-state index contributed by atoms with van der Waals surface area (Å²) in [5, 5.41) is 12.0. The first-order valence-corrected chi connectivity index (χ1v) is 6.26. The summed E-state index contributed by atoms with van der Waals surface area (Å²) in [4.78, 5) is 0. The van der Waals surface area contributed by atoms with Gasteiger partial charge in [-0.2, -0.15) is 10.2 Å². The Hall–Kier alpha value is -1.62. The first-order chi connectivity index (χ1) is 8.59. The van der Waals surface area contributed by atoms with Gasteiger partial charge in [0.1, 0.15) is 0 Å². The fourth-order valence-corrected chi connectivity index (χ4v) is 2.15. The summed E-state index contributed by atoms with van der Waals surface area (Å²) < 4.78 is 3.86. The van der Waals surface area contributed by atoms with Crippen molar-refractivity contribution < 1.29 is 0 Å². The van der Waals surface area contributed by atoms with Gasteiger partial charge >= 0.3 is 0 Å². The molecule has 0 saturated heterocycles. The van der Waals surface area contributed by atoms with Crippen molar-refractivity contribution in [3.63, 3.8) is 0 Å². The molecule has 2 rings (SSSR count). The SMILES string of the molecule is Cc1nn(C)c(C)c1CNCCc1ccnn1C. The van der Waals surface area contributed by atoms with Crippen molar-refractivity contribution in [1.29, 1.82) is 0 Å². The van der Waals surface area contributed by atoms with E-state index in [1.54, 1.807) is 0 Å². The van der Waals surface area contributed by atoms with Gasteiger partial charge in [-0.05, 0) is 19.9 Å². The van der Waals surface area contributed by atoms with Gasteiger partial charge in [-0.15, -0.1) is 0 Å². The quantitative estimate of drug-likeness (QED) is 0.805. The molecule has 0 unspecified atom stereocenters. The lowest BCUT2D eigenvalue weighted by molar-refractivity contribution is 0.640. The molecule has 5 nitrogen and oxygen atoms in total. The van der Waals surface area contributed by atoms with Crippen molar-refractivity contribution in [3.05, 3.63) is 34.9 Å². The molecule has 5 heteroatoms. The van der Waals surface area contributed by atoms with E-state index in [-0.39, 0.29) is 0 Å². The highest BCUT2D eigenvalue weighted by Gasteiger charge is 2.08. The van der Waals surface area contributed by atoms with Gasteiger partial charge < -0.3 is 5.32 Å². The van der Waals surface area contributed by atoms with Crippen molar-refractivity contribution in [3.8, 4) is 0 Å². The molecule has 0 spiro atoms. The van der Waals surface area contributed by atoms with Crippen molar-refractivity contribution in [2.75, 3.05) is 6.54 Å². The van der Waals surface area contributed by atoms with Gasteiger partial charge in [-0.3, -0.25) is 9.36 Å². The summed E-state index contributed by atoms with van der Waals surface area (Å²) in [6.45, 7) is 6.00. The first kappa shape index (κ1) is 12.8. The maximum atomic E-state index is 4.42. The molecular formula is C13H21N5. The van der Waals surface area contributed by atoms with Crippen LogP contribution in [0.5, 0.6) is 0 Å². The predicted octanol–water partition coefficient (Wildman–Crippen LogP) is 1.10. The molecular weight excluding hydrogens is 226 g/mol. The van der Waals surface area contributed by atoms with Crippen LogP contribution in [-0.2, 0) is 27.1 Å². The van der Waals surface area contributed by atoms with Crippen LogP contribution in [0.4, 0.5) is 0 Å². The Balaban J connectivity index is 1.84. The predicted molar refractivity (Wildman–Crippen MR) is 71.3 cm³/mol. The number of aromatic nitrogens is 4. The Bertz CT molecular complexity index is 523. The second-order valence-electron chi connectivity index (χ2n) is 4.65. The van der Waals surface area contributed by atoms with Gasteiger partial charge in [0.05, 0.1) is 5.69 Å². The van der Waals surface area contributed by atoms with E-state index in [1.807, 2.05) is 29.7 Å². The molecule has 0 aromatic carbocycles. The molecule has 18 heavy (non-hydrogen) atoms. The van der Waals surface area contributed by atoms with E-state index < -0.39 is 0 Å². The Kier molecular flexibility index (Phi) is 3.81. The number of nitrogens with one attached hydrogen (secondary N) is 1. The highest BCUT2D eigenvalue weighted by atomic mass is 15.3. The van der Waals surface area contributed by atoms with Gasteiger partial charge in [0.25, 0.3) is 0 Å². The molecule has 0 atom stereocenters. The lowest BCUT2D eigenvalue weighted by Gasteiger charge is -2.06. The van der Waals surface area contributed by atoms with E-state index >= 15 is 0 Å². The second-order valence-corrected chi connectivity index (χ2v) is 4.65. The van der Waals surface area contributed by atoms with Gasteiger partial charge in [-0.25, -0.2) is 0 Å². The Morgan fingerprint density at radius 2 is 2.00 bits per heavy atom. The van der Waals surface area contributed by atoms with Crippen molar-refractivity contribution in [2.45, 2.75) is 26.8 Å². The third-order valence-corrected chi connectivity index (χ3v) is 3.44. The lowest BCUT2D eigenvalue weighted by Crippen LogP contribution is -2.18. The lowest BCUT2D eigenvalue weighted by atomic mass is 10.2. The fourth-order valence-electron chi connectivity index (χ4n) is 2.15. The number of hydrogen-bond donors (Lipinski definition) is 1. The van der Waals surface area contributed by atoms with Crippen LogP contribution in [0.1, 0.15) is 22.6 Å². The molecule has 2 aromatic rings. The minimum Gasteiger partial charge on any atom is -0.312 e. The molecule has 0 radical (unpaired) electrons. The average molecular weight is 247 g/mol. The van der Waals surface area contributed by atoms with Crippen LogP contribution in [0.2, 0.25) is 0 Å². The van der Waals surface area contributed by atoms with Crippen LogP contribution in [0.15, 0.2) is 12.3 Å². The molecule has 0 aliphatic rings. The molecule has 0 fully saturated rings. The van der Waals surface area contributed by atoms with Crippen LogP contribution >= 0.6 is 0 Å². The topological polar surface area (TPSA) is 47.7 Å². The van der Waals surface area contributed by atoms with Gasteiger partial charge in [-0.1, -0.05) is 0 Å². The van der Waals surface area contributed by atoms with Gasteiger partial charge in [0.15, 0.2) is 0 Å². The number of nitrogens with zero attached hydrogens (tertiary/aromatic N) is 4. The van der Waals surface area contributed by atoms with E-state index in [9.17, 15) is 0 Å². The molecule has 1 N–H and O–H groups in total. The molecule has 98 valence electrons. The summed E-state index contributed by atoms with van der Waals surface area (Å²) in [6.07, 6.45) is 2.83. The van der Waals surface area contributed by atoms with Crippen LogP contribution in [0.25, 0.3) is 0 Å². The summed E-state index contributed by atoms with van der Waals surface area (Å²) in [5.74, 6) is 0.